The number of carbonyl (C=O) groups excluding carboxylic acids is 1. The molecule has 2 aromatic carbocycles. The average Bonchev–Trinajstić information content (AvgIpc) is 2.69. The summed E-state index contributed by atoms with van der Waals surface area (Å²) in [5.41, 5.74) is 8.06. The number of ether oxygens (including phenoxy) is 1. The molecular formula is C21H27N3O2. The fourth-order valence-corrected chi connectivity index (χ4v) is 3.60. The predicted molar refractivity (Wildman–Crippen MR) is 104 cm³/mol. The number of nitrogens with two attached hydrogens (primary N) is 1. The zero-order valence-corrected chi connectivity index (χ0v) is 15.3. The Morgan fingerprint density at radius 2 is 1.81 bits per heavy atom. The van der Waals surface area contributed by atoms with Gasteiger partial charge in [0.15, 0.2) is 0 Å². The molecule has 1 heterocycles. The highest BCUT2D eigenvalue weighted by Crippen LogP contribution is 2.31. The fourth-order valence-electron chi connectivity index (χ4n) is 3.60. The molecule has 5 nitrogen and oxygen atoms in total. The van der Waals surface area contributed by atoms with Crippen LogP contribution in [0.25, 0.3) is 0 Å². The maximum Gasteiger partial charge on any atom is 0.253 e. The molecule has 0 aliphatic carbocycles. The standard InChI is InChI=1S/C21H27N3O2/c1-26-20-12-6-4-10-17(20)19(24-13-7-2-8-14-24)15-23-21(25)16-9-3-5-11-18(16)22/h3-6,9-12,19H,2,7-8,13-15,22H2,1H3,(H,23,25). The molecule has 1 unspecified atom stereocenters. The third-order valence-corrected chi connectivity index (χ3v) is 4.99. The fraction of sp³-hybridized carbons (Fsp3) is 0.381. The van der Waals surface area contributed by atoms with Gasteiger partial charge in [-0.3, -0.25) is 9.69 Å². The first-order valence-corrected chi connectivity index (χ1v) is 9.20. The van der Waals surface area contributed by atoms with E-state index >= 15 is 0 Å². The van der Waals surface area contributed by atoms with Gasteiger partial charge in [0, 0.05) is 17.8 Å². The van der Waals surface area contributed by atoms with Crippen molar-refractivity contribution in [3.05, 3.63) is 59.7 Å². The highest BCUT2D eigenvalue weighted by atomic mass is 16.5. The minimum absolute atomic E-state index is 0.0836. The number of methoxy groups -OCH3 is 1. The number of nitrogens with zero attached hydrogens (tertiary/aromatic N) is 1. The van der Waals surface area contributed by atoms with E-state index < -0.39 is 0 Å². The van der Waals surface area contributed by atoms with Gasteiger partial charge in [-0.1, -0.05) is 36.8 Å². The molecule has 3 rings (SSSR count). The number of amides is 1. The number of hydrogen-bond donors (Lipinski definition) is 2. The lowest BCUT2D eigenvalue weighted by molar-refractivity contribution is 0.0924. The smallest absolute Gasteiger partial charge is 0.253 e. The number of para-hydroxylation sites is 2. The second-order valence-electron chi connectivity index (χ2n) is 6.65. The second-order valence-corrected chi connectivity index (χ2v) is 6.65. The number of benzene rings is 2. The van der Waals surface area contributed by atoms with E-state index in [0.717, 1.165) is 24.4 Å². The molecule has 1 fully saturated rings. The third kappa shape index (κ3) is 4.17. The number of hydrogen-bond acceptors (Lipinski definition) is 4. The Labute approximate surface area is 155 Å². The van der Waals surface area contributed by atoms with Gasteiger partial charge in [-0.15, -0.1) is 0 Å². The van der Waals surface area contributed by atoms with Gasteiger partial charge in [0.05, 0.1) is 18.7 Å². The van der Waals surface area contributed by atoms with Crippen molar-refractivity contribution in [3.8, 4) is 5.75 Å². The zero-order chi connectivity index (χ0) is 18.4. The molecule has 1 aliphatic heterocycles. The molecule has 0 spiro atoms. The maximum atomic E-state index is 12.6. The van der Waals surface area contributed by atoms with Gasteiger partial charge in [0.1, 0.15) is 5.75 Å². The lowest BCUT2D eigenvalue weighted by atomic mass is 10.0. The molecule has 1 saturated heterocycles. The normalized spacial score (nSPS) is 16.0. The van der Waals surface area contributed by atoms with Crippen LogP contribution in [0.1, 0.15) is 41.2 Å². The van der Waals surface area contributed by atoms with Crippen LogP contribution in [0.5, 0.6) is 5.75 Å². The lowest BCUT2D eigenvalue weighted by Gasteiger charge is -2.35. The number of carbonyl (C=O) groups is 1. The Bertz CT molecular complexity index is 742. The second kappa shape index (κ2) is 8.72. The molecule has 5 heteroatoms. The molecule has 3 N–H and O–H groups in total. The van der Waals surface area contributed by atoms with E-state index in [1.54, 1.807) is 19.2 Å². The summed E-state index contributed by atoms with van der Waals surface area (Å²) in [5, 5.41) is 3.07. The Morgan fingerprint density at radius 1 is 1.12 bits per heavy atom. The van der Waals surface area contributed by atoms with Gasteiger partial charge in [-0.05, 0) is 44.1 Å². The summed E-state index contributed by atoms with van der Waals surface area (Å²) in [4.78, 5) is 15.0. The average molecular weight is 353 g/mol. The van der Waals surface area contributed by atoms with E-state index in [1.165, 1.54) is 19.3 Å². The molecule has 138 valence electrons. The number of piperidine rings is 1. The third-order valence-electron chi connectivity index (χ3n) is 4.99. The molecule has 26 heavy (non-hydrogen) atoms. The van der Waals surface area contributed by atoms with E-state index in [-0.39, 0.29) is 11.9 Å². The summed E-state index contributed by atoms with van der Waals surface area (Å²) in [6.07, 6.45) is 3.64. The van der Waals surface area contributed by atoms with Crippen LogP contribution in [0.15, 0.2) is 48.5 Å². The van der Waals surface area contributed by atoms with Gasteiger partial charge >= 0.3 is 0 Å². The molecule has 0 radical (unpaired) electrons. The van der Waals surface area contributed by atoms with Gasteiger partial charge in [0.2, 0.25) is 0 Å². The molecule has 2 aromatic rings. The van der Waals surface area contributed by atoms with Crippen molar-refractivity contribution in [1.82, 2.24) is 10.2 Å². The summed E-state index contributed by atoms with van der Waals surface area (Å²) in [5.74, 6) is 0.719. The molecule has 0 saturated carbocycles. The van der Waals surface area contributed by atoms with Crippen LogP contribution in [0, 0.1) is 0 Å². The predicted octanol–water partition coefficient (Wildman–Crippen LogP) is 3.23. The van der Waals surface area contributed by atoms with Crippen LogP contribution >= 0.6 is 0 Å². The van der Waals surface area contributed by atoms with Crippen LogP contribution in [0.2, 0.25) is 0 Å². The van der Waals surface area contributed by atoms with Crippen LogP contribution in [-0.2, 0) is 0 Å². The molecular weight excluding hydrogens is 326 g/mol. The minimum Gasteiger partial charge on any atom is -0.496 e. The summed E-state index contributed by atoms with van der Waals surface area (Å²) < 4.78 is 5.57. The number of nitrogens with one attached hydrogen (secondary N) is 1. The van der Waals surface area contributed by atoms with Crippen LogP contribution in [0.3, 0.4) is 0 Å². The van der Waals surface area contributed by atoms with Crippen molar-refractivity contribution >= 4 is 11.6 Å². The molecule has 0 bridgehead atoms. The van der Waals surface area contributed by atoms with Gasteiger partial charge in [-0.2, -0.15) is 0 Å². The quantitative estimate of drug-likeness (QED) is 0.783. The van der Waals surface area contributed by atoms with E-state index in [9.17, 15) is 4.79 Å². The first kappa shape index (κ1) is 18.3. The van der Waals surface area contributed by atoms with Crippen LogP contribution in [0.4, 0.5) is 5.69 Å². The Kier molecular flexibility index (Phi) is 6.12. The monoisotopic (exact) mass is 353 g/mol. The van der Waals surface area contributed by atoms with Crippen molar-refractivity contribution in [2.75, 3.05) is 32.5 Å². The number of anilines is 1. The molecule has 1 amide bonds. The van der Waals surface area contributed by atoms with E-state index in [4.69, 9.17) is 10.5 Å². The largest absolute Gasteiger partial charge is 0.496 e. The van der Waals surface area contributed by atoms with Crippen molar-refractivity contribution in [3.63, 3.8) is 0 Å². The molecule has 1 atom stereocenters. The van der Waals surface area contributed by atoms with Crippen LogP contribution < -0.4 is 15.8 Å². The zero-order valence-electron chi connectivity index (χ0n) is 15.3. The number of rotatable bonds is 6. The maximum absolute atomic E-state index is 12.6. The number of likely N-dealkylation sites (tertiary alicyclic amines) is 1. The van der Waals surface area contributed by atoms with Crippen molar-refractivity contribution in [2.45, 2.75) is 25.3 Å². The van der Waals surface area contributed by atoms with E-state index in [1.807, 2.05) is 30.3 Å². The SMILES string of the molecule is COc1ccccc1C(CNC(=O)c1ccccc1N)N1CCCCC1. The Balaban J connectivity index is 1.80. The van der Waals surface area contributed by atoms with Gasteiger partial charge in [0.25, 0.3) is 5.91 Å². The van der Waals surface area contributed by atoms with Gasteiger partial charge in [-0.25, -0.2) is 0 Å². The highest BCUT2D eigenvalue weighted by molar-refractivity contribution is 5.99. The molecule has 0 aromatic heterocycles. The lowest BCUT2D eigenvalue weighted by Crippen LogP contribution is -2.40. The van der Waals surface area contributed by atoms with Crippen molar-refractivity contribution in [1.29, 1.82) is 0 Å². The summed E-state index contributed by atoms with van der Waals surface area (Å²) in [6.45, 7) is 2.59. The first-order chi connectivity index (χ1) is 12.7. The summed E-state index contributed by atoms with van der Waals surface area (Å²) in [7, 11) is 1.69. The van der Waals surface area contributed by atoms with Crippen molar-refractivity contribution in [2.24, 2.45) is 0 Å². The Morgan fingerprint density at radius 3 is 2.54 bits per heavy atom. The topological polar surface area (TPSA) is 67.6 Å². The summed E-state index contributed by atoms with van der Waals surface area (Å²) in [6, 6.07) is 15.3. The highest BCUT2D eigenvalue weighted by Gasteiger charge is 2.25. The summed E-state index contributed by atoms with van der Waals surface area (Å²) >= 11 is 0. The van der Waals surface area contributed by atoms with E-state index in [2.05, 4.69) is 16.3 Å². The molecule has 1 aliphatic rings. The van der Waals surface area contributed by atoms with Gasteiger partial charge < -0.3 is 15.8 Å². The van der Waals surface area contributed by atoms with E-state index in [0.29, 0.717) is 17.8 Å². The van der Waals surface area contributed by atoms with Crippen molar-refractivity contribution < 1.29 is 9.53 Å². The number of nitrogen functional groups attached to an aromatic ring is 1. The minimum atomic E-state index is -0.139. The van der Waals surface area contributed by atoms with Crippen LogP contribution in [-0.4, -0.2) is 37.6 Å². The Hall–Kier alpha value is -2.53. The first-order valence-electron chi connectivity index (χ1n) is 9.20.